The van der Waals surface area contributed by atoms with E-state index in [2.05, 4.69) is 5.32 Å². The normalized spacial score (nSPS) is 25.2. The number of morpholine rings is 1. The maximum Gasteiger partial charge on any atom is 0.251 e. The molecule has 0 aromatic heterocycles. The van der Waals surface area contributed by atoms with Crippen molar-refractivity contribution in [2.24, 2.45) is 0 Å². The largest absolute Gasteiger partial charge is 0.379 e. The van der Waals surface area contributed by atoms with Crippen LogP contribution in [0.25, 0.3) is 0 Å². The molecule has 1 unspecified atom stereocenters. The summed E-state index contributed by atoms with van der Waals surface area (Å²) in [5, 5.41) is 2.94. The molecule has 1 spiro atoms. The summed E-state index contributed by atoms with van der Waals surface area (Å²) in [6.07, 6.45) is 8.17. The molecule has 2 saturated heterocycles. The molecule has 3 aliphatic rings. The molecular weight excluding hydrogens is 392 g/mol. The first-order valence-electron chi connectivity index (χ1n) is 10.6. The zero-order valence-corrected chi connectivity index (χ0v) is 17.6. The third-order valence-corrected chi connectivity index (χ3v) is 8.23. The van der Waals surface area contributed by atoms with Crippen molar-refractivity contribution in [3.8, 4) is 0 Å². The lowest BCUT2D eigenvalue weighted by Crippen LogP contribution is -2.40. The van der Waals surface area contributed by atoms with E-state index >= 15 is 0 Å². The predicted molar refractivity (Wildman–Crippen MR) is 108 cm³/mol. The highest BCUT2D eigenvalue weighted by Gasteiger charge is 2.40. The highest BCUT2D eigenvalue weighted by molar-refractivity contribution is 7.89. The lowest BCUT2D eigenvalue weighted by atomic mass is 9.83. The molecule has 8 heteroatoms. The fourth-order valence-electron chi connectivity index (χ4n) is 4.63. The number of hydrogen-bond acceptors (Lipinski definition) is 5. The summed E-state index contributed by atoms with van der Waals surface area (Å²) < 4.78 is 38.3. The number of benzene rings is 1. The molecule has 2 aliphatic heterocycles. The van der Waals surface area contributed by atoms with Gasteiger partial charge in [0, 0.05) is 25.2 Å². The number of nitrogens with zero attached hydrogens (tertiary/aromatic N) is 1. The number of nitrogens with one attached hydrogen (secondary N) is 1. The summed E-state index contributed by atoms with van der Waals surface area (Å²) in [5.41, 5.74) is 0.500. The smallest absolute Gasteiger partial charge is 0.251 e. The summed E-state index contributed by atoms with van der Waals surface area (Å²) >= 11 is 0. The van der Waals surface area contributed by atoms with Gasteiger partial charge in [0.2, 0.25) is 10.0 Å². The van der Waals surface area contributed by atoms with E-state index in [4.69, 9.17) is 9.47 Å². The van der Waals surface area contributed by atoms with Crippen molar-refractivity contribution in [1.82, 2.24) is 9.62 Å². The first-order valence-corrected chi connectivity index (χ1v) is 12.1. The Balaban J connectivity index is 1.31. The van der Waals surface area contributed by atoms with Crippen molar-refractivity contribution in [2.75, 3.05) is 32.8 Å². The standard InChI is InChI=1S/C21H30N2O5S/c24-20(22-16-18-8-11-21(28-18)9-2-1-3-10-21)17-4-6-19(7-5-17)29(25,26)23-12-14-27-15-13-23/h4-7,18H,1-3,8-16H2,(H,22,24). The van der Waals surface area contributed by atoms with Crippen LogP contribution in [-0.2, 0) is 19.5 Å². The number of rotatable bonds is 5. The Labute approximate surface area is 172 Å². The van der Waals surface area contributed by atoms with Gasteiger partial charge in [0.15, 0.2) is 0 Å². The van der Waals surface area contributed by atoms with Crippen molar-refractivity contribution in [1.29, 1.82) is 0 Å². The second-order valence-electron chi connectivity index (χ2n) is 8.27. The van der Waals surface area contributed by atoms with Crippen LogP contribution in [0.1, 0.15) is 55.3 Å². The number of ether oxygens (including phenoxy) is 2. The van der Waals surface area contributed by atoms with Gasteiger partial charge in [-0.2, -0.15) is 4.31 Å². The minimum absolute atomic E-state index is 0.0448. The van der Waals surface area contributed by atoms with Gasteiger partial charge in [0.25, 0.3) is 5.91 Å². The van der Waals surface area contributed by atoms with E-state index in [-0.39, 0.29) is 22.5 Å². The Morgan fingerprint density at radius 3 is 2.45 bits per heavy atom. The molecule has 3 fully saturated rings. The highest BCUT2D eigenvalue weighted by atomic mass is 32.2. The average Bonchev–Trinajstić information content (AvgIpc) is 3.15. The van der Waals surface area contributed by atoms with E-state index in [9.17, 15) is 13.2 Å². The first kappa shape index (κ1) is 20.8. The van der Waals surface area contributed by atoms with Crippen molar-refractivity contribution in [3.63, 3.8) is 0 Å². The molecule has 2 heterocycles. The van der Waals surface area contributed by atoms with E-state index in [0.29, 0.717) is 38.4 Å². The van der Waals surface area contributed by atoms with E-state index in [1.165, 1.54) is 35.7 Å². The number of hydrogen-bond donors (Lipinski definition) is 1. The minimum Gasteiger partial charge on any atom is -0.379 e. The van der Waals surface area contributed by atoms with Crippen LogP contribution in [0.15, 0.2) is 29.2 Å². The Hall–Kier alpha value is -1.48. The number of carbonyl (C=O) groups excluding carboxylic acids is 1. The molecule has 0 radical (unpaired) electrons. The number of amides is 1. The summed E-state index contributed by atoms with van der Waals surface area (Å²) in [4.78, 5) is 12.7. The van der Waals surface area contributed by atoms with E-state index < -0.39 is 10.0 Å². The monoisotopic (exact) mass is 422 g/mol. The van der Waals surface area contributed by atoms with Crippen LogP contribution >= 0.6 is 0 Å². The average molecular weight is 423 g/mol. The summed E-state index contributed by atoms with van der Waals surface area (Å²) in [6, 6.07) is 6.15. The topological polar surface area (TPSA) is 84.9 Å². The fourth-order valence-corrected chi connectivity index (χ4v) is 6.03. The van der Waals surface area contributed by atoms with Crippen LogP contribution < -0.4 is 5.32 Å². The van der Waals surface area contributed by atoms with Crippen LogP contribution in [0, 0.1) is 0 Å². The zero-order chi connectivity index (χ0) is 20.3. The van der Waals surface area contributed by atoms with Gasteiger partial charge < -0.3 is 14.8 Å². The van der Waals surface area contributed by atoms with Crippen LogP contribution in [0.4, 0.5) is 0 Å². The fraction of sp³-hybridized carbons (Fsp3) is 0.667. The van der Waals surface area contributed by atoms with Crippen molar-refractivity contribution >= 4 is 15.9 Å². The second-order valence-corrected chi connectivity index (χ2v) is 10.2. The first-order chi connectivity index (χ1) is 14.0. The Kier molecular flexibility index (Phi) is 6.24. The molecule has 0 bridgehead atoms. The van der Waals surface area contributed by atoms with Crippen LogP contribution in [0.5, 0.6) is 0 Å². The molecule has 160 valence electrons. The maximum atomic E-state index is 12.7. The number of carbonyl (C=O) groups is 1. The molecule has 7 nitrogen and oxygen atoms in total. The van der Waals surface area contributed by atoms with Gasteiger partial charge >= 0.3 is 0 Å². The van der Waals surface area contributed by atoms with E-state index in [0.717, 1.165) is 25.7 Å². The summed E-state index contributed by atoms with van der Waals surface area (Å²) in [7, 11) is -3.54. The highest BCUT2D eigenvalue weighted by Crippen LogP contribution is 2.41. The zero-order valence-electron chi connectivity index (χ0n) is 16.8. The Morgan fingerprint density at radius 1 is 1.07 bits per heavy atom. The summed E-state index contributed by atoms with van der Waals surface area (Å²) in [5.74, 6) is -0.200. The predicted octanol–water partition coefficient (Wildman–Crippen LogP) is 2.32. The number of sulfonamides is 1. The molecule has 1 atom stereocenters. The molecule has 1 aliphatic carbocycles. The van der Waals surface area contributed by atoms with Gasteiger partial charge in [-0.05, 0) is 49.9 Å². The second kappa shape index (κ2) is 8.71. The van der Waals surface area contributed by atoms with E-state index in [1.807, 2.05) is 0 Å². The van der Waals surface area contributed by atoms with Gasteiger partial charge in [0.05, 0.1) is 29.8 Å². The van der Waals surface area contributed by atoms with Gasteiger partial charge in [0.1, 0.15) is 0 Å². The molecule has 1 aromatic carbocycles. The van der Waals surface area contributed by atoms with Crippen LogP contribution in [0.3, 0.4) is 0 Å². The van der Waals surface area contributed by atoms with Gasteiger partial charge in [-0.3, -0.25) is 4.79 Å². The summed E-state index contributed by atoms with van der Waals surface area (Å²) in [6.45, 7) is 2.02. The Morgan fingerprint density at radius 2 is 1.76 bits per heavy atom. The van der Waals surface area contributed by atoms with Crippen LogP contribution in [-0.4, -0.2) is 63.2 Å². The van der Waals surface area contributed by atoms with Gasteiger partial charge in [-0.25, -0.2) is 8.42 Å². The SMILES string of the molecule is O=C(NCC1CCC2(CCCCC2)O1)c1ccc(S(=O)(=O)N2CCOCC2)cc1. The molecule has 1 aromatic rings. The van der Waals surface area contributed by atoms with Crippen molar-refractivity contribution in [2.45, 2.75) is 61.5 Å². The van der Waals surface area contributed by atoms with Gasteiger partial charge in [-0.15, -0.1) is 0 Å². The Bertz CT molecular complexity index is 812. The molecule has 1 N–H and O–H groups in total. The third kappa shape index (κ3) is 4.66. The molecule has 4 rings (SSSR count). The van der Waals surface area contributed by atoms with Gasteiger partial charge in [-0.1, -0.05) is 19.3 Å². The molecule has 1 saturated carbocycles. The lowest BCUT2D eigenvalue weighted by molar-refractivity contribution is -0.0618. The maximum absolute atomic E-state index is 12.7. The van der Waals surface area contributed by atoms with E-state index in [1.54, 1.807) is 12.1 Å². The van der Waals surface area contributed by atoms with Crippen molar-refractivity contribution < 1.29 is 22.7 Å². The minimum atomic E-state index is -3.54. The lowest BCUT2D eigenvalue weighted by Gasteiger charge is -2.33. The van der Waals surface area contributed by atoms with Crippen molar-refractivity contribution in [3.05, 3.63) is 29.8 Å². The molecule has 1 amide bonds. The molecular formula is C21H30N2O5S. The third-order valence-electron chi connectivity index (χ3n) is 6.32. The van der Waals surface area contributed by atoms with Crippen LogP contribution in [0.2, 0.25) is 0 Å². The molecule has 29 heavy (non-hydrogen) atoms. The quantitative estimate of drug-likeness (QED) is 0.787.